The zero-order valence-corrected chi connectivity index (χ0v) is 11.4. The maximum atomic E-state index is 10.9. The van der Waals surface area contributed by atoms with Crippen LogP contribution in [0.2, 0.25) is 5.02 Å². The second-order valence-electron chi connectivity index (χ2n) is 3.78. The first-order valence-electron chi connectivity index (χ1n) is 5.80. The molecule has 0 unspecified atom stereocenters. The minimum Gasteiger partial charge on any atom is -0.493 e. The lowest BCUT2D eigenvalue weighted by molar-refractivity contribution is -0.140. The SMILES string of the molecule is CNCc1c(Cl)cccc1OCCCC(=O)OC. The molecule has 18 heavy (non-hydrogen) atoms. The Morgan fingerprint density at radius 3 is 2.89 bits per heavy atom. The minimum atomic E-state index is -0.222. The van der Waals surface area contributed by atoms with E-state index in [1.165, 1.54) is 7.11 Å². The molecular weight excluding hydrogens is 254 g/mol. The fourth-order valence-corrected chi connectivity index (χ4v) is 1.76. The lowest BCUT2D eigenvalue weighted by Gasteiger charge is -2.12. The van der Waals surface area contributed by atoms with Crippen LogP contribution in [-0.4, -0.2) is 26.7 Å². The maximum Gasteiger partial charge on any atom is 0.305 e. The third kappa shape index (κ3) is 4.55. The number of hydrogen-bond acceptors (Lipinski definition) is 4. The van der Waals surface area contributed by atoms with E-state index in [0.29, 0.717) is 31.0 Å². The second kappa shape index (κ2) is 7.95. The van der Waals surface area contributed by atoms with Crippen LogP contribution in [0, 0.1) is 0 Å². The van der Waals surface area contributed by atoms with Crippen molar-refractivity contribution in [2.24, 2.45) is 0 Å². The average Bonchev–Trinajstić information content (AvgIpc) is 2.38. The number of carbonyl (C=O) groups is 1. The molecule has 0 spiro atoms. The Morgan fingerprint density at radius 2 is 2.22 bits per heavy atom. The molecule has 0 aliphatic heterocycles. The van der Waals surface area contributed by atoms with E-state index in [9.17, 15) is 4.79 Å². The number of rotatable bonds is 7. The Kier molecular flexibility index (Phi) is 6.54. The Balaban J connectivity index is 2.51. The van der Waals surface area contributed by atoms with Crippen molar-refractivity contribution in [2.75, 3.05) is 20.8 Å². The number of benzene rings is 1. The quantitative estimate of drug-likeness (QED) is 0.611. The molecule has 0 amide bonds. The standard InChI is InChI=1S/C13H18ClNO3/c1-15-9-10-11(14)5-3-6-12(10)18-8-4-7-13(16)17-2/h3,5-6,15H,4,7-9H2,1-2H3. The smallest absolute Gasteiger partial charge is 0.305 e. The van der Waals surface area contributed by atoms with Crippen LogP contribution in [0.4, 0.5) is 0 Å². The van der Waals surface area contributed by atoms with Gasteiger partial charge in [0.2, 0.25) is 0 Å². The fourth-order valence-electron chi connectivity index (χ4n) is 1.52. The lowest BCUT2D eigenvalue weighted by Crippen LogP contribution is -2.09. The highest BCUT2D eigenvalue weighted by Crippen LogP contribution is 2.26. The van der Waals surface area contributed by atoms with Crippen LogP contribution in [0.25, 0.3) is 0 Å². The van der Waals surface area contributed by atoms with Crippen LogP contribution in [0.15, 0.2) is 18.2 Å². The number of carbonyl (C=O) groups excluding carboxylic acids is 1. The van der Waals surface area contributed by atoms with Gasteiger partial charge < -0.3 is 14.8 Å². The Bertz CT molecular complexity index is 396. The summed E-state index contributed by atoms with van der Waals surface area (Å²) in [6, 6.07) is 5.55. The van der Waals surface area contributed by atoms with E-state index >= 15 is 0 Å². The third-order valence-electron chi connectivity index (χ3n) is 2.44. The van der Waals surface area contributed by atoms with Gasteiger partial charge in [-0.1, -0.05) is 17.7 Å². The Morgan fingerprint density at radius 1 is 1.44 bits per heavy atom. The van der Waals surface area contributed by atoms with Gasteiger partial charge in [0, 0.05) is 23.6 Å². The highest BCUT2D eigenvalue weighted by atomic mass is 35.5. The van der Waals surface area contributed by atoms with Crippen molar-refractivity contribution in [2.45, 2.75) is 19.4 Å². The van der Waals surface area contributed by atoms with Crippen molar-refractivity contribution in [3.63, 3.8) is 0 Å². The zero-order valence-electron chi connectivity index (χ0n) is 10.7. The van der Waals surface area contributed by atoms with Crippen LogP contribution in [-0.2, 0) is 16.1 Å². The molecule has 5 heteroatoms. The second-order valence-corrected chi connectivity index (χ2v) is 4.18. The summed E-state index contributed by atoms with van der Waals surface area (Å²) in [7, 11) is 3.23. The monoisotopic (exact) mass is 271 g/mol. The number of esters is 1. The molecule has 0 aliphatic carbocycles. The van der Waals surface area contributed by atoms with E-state index in [0.717, 1.165) is 11.3 Å². The van der Waals surface area contributed by atoms with Crippen molar-refractivity contribution in [3.05, 3.63) is 28.8 Å². The van der Waals surface area contributed by atoms with Crippen LogP contribution in [0.5, 0.6) is 5.75 Å². The first-order valence-corrected chi connectivity index (χ1v) is 6.18. The molecule has 0 fully saturated rings. The van der Waals surface area contributed by atoms with E-state index in [-0.39, 0.29) is 5.97 Å². The van der Waals surface area contributed by atoms with E-state index in [1.807, 2.05) is 25.2 Å². The van der Waals surface area contributed by atoms with Gasteiger partial charge in [0.25, 0.3) is 0 Å². The van der Waals surface area contributed by atoms with E-state index < -0.39 is 0 Å². The van der Waals surface area contributed by atoms with Crippen LogP contribution in [0.3, 0.4) is 0 Å². The highest BCUT2D eigenvalue weighted by Gasteiger charge is 2.07. The van der Waals surface area contributed by atoms with Gasteiger partial charge in [0.05, 0.1) is 13.7 Å². The summed E-state index contributed by atoms with van der Waals surface area (Å²) in [4.78, 5) is 10.9. The summed E-state index contributed by atoms with van der Waals surface area (Å²) in [5.41, 5.74) is 0.930. The van der Waals surface area contributed by atoms with E-state index in [4.69, 9.17) is 16.3 Å². The molecule has 1 rings (SSSR count). The average molecular weight is 272 g/mol. The van der Waals surface area contributed by atoms with Gasteiger partial charge in [-0.2, -0.15) is 0 Å². The topological polar surface area (TPSA) is 47.6 Å². The van der Waals surface area contributed by atoms with Crippen molar-refractivity contribution >= 4 is 17.6 Å². The first-order chi connectivity index (χ1) is 8.69. The van der Waals surface area contributed by atoms with Gasteiger partial charge in [0.1, 0.15) is 5.75 Å². The molecule has 1 N–H and O–H groups in total. The van der Waals surface area contributed by atoms with Gasteiger partial charge in [-0.25, -0.2) is 0 Å². The summed E-state index contributed by atoms with van der Waals surface area (Å²) in [5, 5.41) is 3.72. The molecule has 0 saturated heterocycles. The number of nitrogens with one attached hydrogen (secondary N) is 1. The molecule has 0 radical (unpaired) electrons. The summed E-state index contributed by atoms with van der Waals surface area (Å²) >= 11 is 6.10. The van der Waals surface area contributed by atoms with Crippen LogP contribution >= 0.6 is 11.6 Å². The van der Waals surface area contributed by atoms with Gasteiger partial charge in [0.15, 0.2) is 0 Å². The molecule has 0 saturated carbocycles. The number of halogens is 1. The third-order valence-corrected chi connectivity index (χ3v) is 2.79. The largest absolute Gasteiger partial charge is 0.493 e. The molecule has 0 heterocycles. The van der Waals surface area contributed by atoms with E-state index in [1.54, 1.807) is 0 Å². The van der Waals surface area contributed by atoms with Crippen LogP contribution in [0.1, 0.15) is 18.4 Å². The zero-order chi connectivity index (χ0) is 13.4. The summed E-state index contributed by atoms with van der Waals surface area (Å²) in [6.45, 7) is 1.11. The van der Waals surface area contributed by atoms with Crippen molar-refractivity contribution in [1.29, 1.82) is 0 Å². The molecule has 100 valence electrons. The number of hydrogen-bond donors (Lipinski definition) is 1. The normalized spacial score (nSPS) is 10.2. The molecule has 1 aromatic rings. The van der Waals surface area contributed by atoms with Gasteiger partial charge in [-0.05, 0) is 25.6 Å². The van der Waals surface area contributed by atoms with Crippen molar-refractivity contribution in [3.8, 4) is 5.75 Å². The summed E-state index contributed by atoms with van der Waals surface area (Å²) < 4.78 is 10.2. The number of methoxy groups -OCH3 is 1. The van der Waals surface area contributed by atoms with Crippen LogP contribution < -0.4 is 10.1 Å². The maximum absolute atomic E-state index is 10.9. The predicted octanol–water partition coefficient (Wildman–Crippen LogP) is 2.39. The highest BCUT2D eigenvalue weighted by molar-refractivity contribution is 6.31. The molecular formula is C13H18ClNO3. The summed E-state index contributed by atoms with van der Waals surface area (Å²) in [5.74, 6) is 0.529. The predicted molar refractivity (Wildman–Crippen MR) is 71.0 cm³/mol. The van der Waals surface area contributed by atoms with Crippen molar-refractivity contribution in [1.82, 2.24) is 5.32 Å². The summed E-state index contributed by atoms with van der Waals surface area (Å²) in [6.07, 6.45) is 0.983. The van der Waals surface area contributed by atoms with Gasteiger partial charge in [-0.15, -0.1) is 0 Å². The Hall–Kier alpha value is -1.26. The molecule has 0 aromatic heterocycles. The minimum absolute atomic E-state index is 0.222. The molecule has 4 nitrogen and oxygen atoms in total. The Labute approximate surface area is 112 Å². The molecule has 0 atom stereocenters. The number of ether oxygens (including phenoxy) is 2. The fraction of sp³-hybridized carbons (Fsp3) is 0.462. The van der Waals surface area contributed by atoms with Crippen molar-refractivity contribution < 1.29 is 14.3 Å². The van der Waals surface area contributed by atoms with E-state index in [2.05, 4.69) is 10.1 Å². The molecule has 0 bridgehead atoms. The molecule has 0 aliphatic rings. The lowest BCUT2D eigenvalue weighted by atomic mass is 10.2. The first kappa shape index (κ1) is 14.8. The molecule has 1 aromatic carbocycles. The van der Waals surface area contributed by atoms with Gasteiger partial charge >= 0.3 is 5.97 Å². The van der Waals surface area contributed by atoms with Gasteiger partial charge in [-0.3, -0.25) is 4.79 Å².